The second kappa shape index (κ2) is 8.07. The maximum absolute atomic E-state index is 12.3. The molecule has 1 aromatic rings. The van der Waals surface area contributed by atoms with Crippen LogP contribution in [0.3, 0.4) is 0 Å². The highest BCUT2D eigenvalue weighted by Crippen LogP contribution is 2.44. The van der Waals surface area contributed by atoms with Gasteiger partial charge in [-0.05, 0) is 97.0 Å². The molecule has 0 atom stereocenters. The molecular formula is C24H37BO4. The van der Waals surface area contributed by atoms with Gasteiger partial charge in [0.25, 0.3) is 0 Å². The molecule has 1 saturated carbocycles. The predicted molar refractivity (Wildman–Crippen MR) is 117 cm³/mol. The molecule has 2 fully saturated rings. The number of esters is 1. The van der Waals surface area contributed by atoms with Gasteiger partial charge < -0.3 is 14.0 Å². The van der Waals surface area contributed by atoms with Crippen LogP contribution >= 0.6 is 0 Å². The molecule has 1 aliphatic carbocycles. The third kappa shape index (κ3) is 4.41. The molecule has 1 heterocycles. The van der Waals surface area contributed by atoms with Crippen LogP contribution in [0, 0.1) is 11.3 Å². The third-order valence-corrected chi connectivity index (χ3v) is 7.48. The van der Waals surface area contributed by atoms with Crippen molar-refractivity contribution in [2.24, 2.45) is 11.3 Å². The Hall–Kier alpha value is -1.33. The van der Waals surface area contributed by atoms with E-state index in [1.807, 2.05) is 20.8 Å². The molecule has 1 aliphatic heterocycles. The van der Waals surface area contributed by atoms with Gasteiger partial charge in [-0.25, -0.2) is 0 Å². The Morgan fingerprint density at radius 2 is 1.55 bits per heavy atom. The number of carbonyl (C=O) groups excluding carboxylic acids is 1. The van der Waals surface area contributed by atoms with Crippen LogP contribution in [-0.4, -0.2) is 30.9 Å². The number of hydrogen-bond donors (Lipinski definition) is 0. The first-order valence-corrected chi connectivity index (χ1v) is 11.1. The van der Waals surface area contributed by atoms with Gasteiger partial charge in [0, 0.05) is 0 Å². The van der Waals surface area contributed by atoms with Crippen LogP contribution in [0.5, 0.6) is 0 Å². The van der Waals surface area contributed by atoms with Crippen molar-refractivity contribution in [1.29, 1.82) is 0 Å². The van der Waals surface area contributed by atoms with Crippen LogP contribution in [0.1, 0.15) is 85.6 Å². The molecule has 29 heavy (non-hydrogen) atoms. The SMILES string of the molecule is CCOC(=O)C(C)(C)[C@H]1CC[C@H](c2ccc(B3OC(C)(C)C(C)(C)O3)cc2)CC1. The average molecular weight is 400 g/mol. The monoisotopic (exact) mass is 400 g/mol. The highest BCUT2D eigenvalue weighted by molar-refractivity contribution is 6.62. The van der Waals surface area contributed by atoms with E-state index in [0.29, 0.717) is 18.4 Å². The first-order chi connectivity index (χ1) is 13.5. The summed E-state index contributed by atoms with van der Waals surface area (Å²) in [6.07, 6.45) is 4.36. The molecule has 4 nitrogen and oxygen atoms in total. The van der Waals surface area contributed by atoms with Crippen molar-refractivity contribution in [3.8, 4) is 0 Å². The smallest absolute Gasteiger partial charge is 0.466 e. The topological polar surface area (TPSA) is 44.8 Å². The first kappa shape index (κ1) is 22.4. The van der Waals surface area contributed by atoms with Gasteiger partial charge in [0.05, 0.1) is 23.2 Å². The Morgan fingerprint density at radius 3 is 2.03 bits per heavy atom. The lowest BCUT2D eigenvalue weighted by Gasteiger charge is -2.37. The molecule has 3 rings (SSSR count). The Morgan fingerprint density at radius 1 is 1.03 bits per heavy atom. The van der Waals surface area contributed by atoms with Crippen molar-refractivity contribution in [2.75, 3.05) is 6.61 Å². The molecule has 0 radical (unpaired) electrons. The van der Waals surface area contributed by atoms with Gasteiger partial charge in [-0.2, -0.15) is 0 Å². The summed E-state index contributed by atoms with van der Waals surface area (Å²) in [5.41, 5.74) is 1.41. The number of ether oxygens (including phenoxy) is 1. The number of hydrogen-bond acceptors (Lipinski definition) is 4. The molecule has 1 saturated heterocycles. The summed E-state index contributed by atoms with van der Waals surface area (Å²) in [7, 11) is -0.310. The maximum Gasteiger partial charge on any atom is 0.494 e. The standard InChI is InChI=1S/C24H37BO4/c1-8-27-21(26)22(2,3)19-13-9-17(10-14-19)18-11-15-20(16-12-18)25-28-23(4,5)24(6,7)29-25/h11-12,15-17,19H,8-10,13-14H2,1-7H3/t17-,19-. The zero-order valence-corrected chi connectivity index (χ0v) is 19.2. The van der Waals surface area contributed by atoms with Crippen molar-refractivity contribution in [2.45, 2.75) is 91.3 Å². The highest BCUT2D eigenvalue weighted by atomic mass is 16.7. The van der Waals surface area contributed by atoms with E-state index in [2.05, 4.69) is 52.0 Å². The molecule has 0 amide bonds. The van der Waals surface area contributed by atoms with Gasteiger partial charge in [0.2, 0.25) is 0 Å². The fourth-order valence-electron chi connectivity index (χ4n) is 4.54. The number of rotatable bonds is 5. The maximum atomic E-state index is 12.3. The van der Waals surface area contributed by atoms with E-state index in [-0.39, 0.29) is 24.3 Å². The van der Waals surface area contributed by atoms with E-state index in [1.165, 1.54) is 5.56 Å². The van der Waals surface area contributed by atoms with Crippen LogP contribution in [-0.2, 0) is 18.8 Å². The quantitative estimate of drug-likeness (QED) is 0.524. The molecular weight excluding hydrogens is 363 g/mol. The lowest BCUT2D eigenvalue weighted by Crippen LogP contribution is -2.41. The van der Waals surface area contributed by atoms with E-state index in [4.69, 9.17) is 14.0 Å². The van der Waals surface area contributed by atoms with Crippen LogP contribution in [0.2, 0.25) is 0 Å². The second-order valence-corrected chi connectivity index (χ2v) is 10.2. The van der Waals surface area contributed by atoms with Crippen molar-refractivity contribution in [3.05, 3.63) is 29.8 Å². The second-order valence-electron chi connectivity index (χ2n) is 10.2. The summed E-state index contributed by atoms with van der Waals surface area (Å²) >= 11 is 0. The first-order valence-electron chi connectivity index (χ1n) is 11.1. The van der Waals surface area contributed by atoms with Gasteiger partial charge in [-0.15, -0.1) is 0 Å². The van der Waals surface area contributed by atoms with Crippen molar-refractivity contribution < 1.29 is 18.8 Å². The Kier molecular flexibility index (Phi) is 6.22. The molecule has 0 spiro atoms. The summed E-state index contributed by atoms with van der Waals surface area (Å²) in [6.45, 7) is 14.7. The predicted octanol–water partition coefficient (Wildman–Crippen LogP) is 4.85. The Labute approximate surface area is 176 Å². The molecule has 160 valence electrons. The van der Waals surface area contributed by atoms with E-state index in [0.717, 1.165) is 31.1 Å². The van der Waals surface area contributed by atoms with E-state index >= 15 is 0 Å². The lowest BCUT2D eigenvalue weighted by atomic mass is 9.67. The minimum absolute atomic E-state index is 0.0600. The normalized spacial score (nSPS) is 26.4. The van der Waals surface area contributed by atoms with E-state index in [9.17, 15) is 4.79 Å². The molecule has 0 unspecified atom stereocenters. The lowest BCUT2D eigenvalue weighted by molar-refractivity contribution is -0.157. The van der Waals surface area contributed by atoms with Crippen LogP contribution < -0.4 is 5.46 Å². The fraction of sp³-hybridized carbons (Fsp3) is 0.708. The zero-order chi connectivity index (χ0) is 21.4. The number of carbonyl (C=O) groups is 1. The van der Waals surface area contributed by atoms with Crippen molar-refractivity contribution >= 4 is 18.6 Å². The molecule has 2 aliphatic rings. The van der Waals surface area contributed by atoms with Crippen LogP contribution in [0.25, 0.3) is 0 Å². The highest BCUT2D eigenvalue weighted by Gasteiger charge is 2.51. The van der Waals surface area contributed by atoms with Gasteiger partial charge in [-0.3, -0.25) is 4.79 Å². The molecule has 0 aromatic heterocycles. The van der Waals surface area contributed by atoms with E-state index < -0.39 is 5.41 Å². The van der Waals surface area contributed by atoms with Gasteiger partial charge in [0.15, 0.2) is 0 Å². The molecule has 0 bridgehead atoms. The molecule has 1 aromatic carbocycles. The Bertz CT molecular complexity index is 699. The molecule has 5 heteroatoms. The minimum Gasteiger partial charge on any atom is -0.466 e. The van der Waals surface area contributed by atoms with Gasteiger partial charge in [0.1, 0.15) is 0 Å². The summed E-state index contributed by atoms with van der Waals surface area (Å²) in [4.78, 5) is 12.3. The number of benzene rings is 1. The Balaban J connectivity index is 1.61. The zero-order valence-electron chi connectivity index (χ0n) is 19.2. The van der Waals surface area contributed by atoms with Crippen LogP contribution in [0.4, 0.5) is 0 Å². The summed E-state index contributed by atoms with van der Waals surface area (Å²) in [5, 5.41) is 0. The third-order valence-electron chi connectivity index (χ3n) is 7.48. The van der Waals surface area contributed by atoms with Gasteiger partial charge in [-0.1, -0.05) is 24.3 Å². The van der Waals surface area contributed by atoms with E-state index in [1.54, 1.807) is 0 Å². The summed E-state index contributed by atoms with van der Waals surface area (Å²) in [6, 6.07) is 8.74. The minimum atomic E-state index is -0.401. The average Bonchev–Trinajstić information content (AvgIpc) is 2.89. The van der Waals surface area contributed by atoms with Crippen LogP contribution in [0.15, 0.2) is 24.3 Å². The fourth-order valence-corrected chi connectivity index (χ4v) is 4.54. The van der Waals surface area contributed by atoms with Crippen molar-refractivity contribution in [3.63, 3.8) is 0 Å². The summed E-state index contributed by atoms with van der Waals surface area (Å²) < 4.78 is 17.6. The van der Waals surface area contributed by atoms with Gasteiger partial charge >= 0.3 is 13.1 Å². The van der Waals surface area contributed by atoms with Crippen molar-refractivity contribution in [1.82, 2.24) is 0 Å². The largest absolute Gasteiger partial charge is 0.494 e. The molecule has 0 N–H and O–H groups in total. The summed E-state index contributed by atoms with van der Waals surface area (Å²) in [5.74, 6) is 0.883.